The van der Waals surface area contributed by atoms with Crippen LogP contribution in [0.3, 0.4) is 0 Å². The van der Waals surface area contributed by atoms with Gasteiger partial charge in [-0.3, -0.25) is 4.79 Å². The summed E-state index contributed by atoms with van der Waals surface area (Å²) < 4.78 is 0. The Balaban J connectivity index is 2.04. The number of nitrogen functional groups attached to an aromatic ring is 1. The Kier molecular flexibility index (Phi) is 5.10. The first-order valence-electron chi connectivity index (χ1n) is 6.56. The molecular weight excluding hydrogens is 307 g/mol. The standard InChI is InChI=1S/C16H16Cl2N2O/c1-10(7-11-5-3-2-4-6-11)20-16(21)12-8-13(17)15(18)14(19)9-12/h2-6,8-10H,7,19H2,1H3,(H,20,21). The molecule has 0 heterocycles. The van der Waals surface area contributed by atoms with Crippen molar-refractivity contribution in [3.8, 4) is 0 Å². The molecule has 0 aliphatic carbocycles. The molecule has 0 radical (unpaired) electrons. The second kappa shape index (κ2) is 6.83. The van der Waals surface area contributed by atoms with Crippen LogP contribution in [0.1, 0.15) is 22.8 Å². The van der Waals surface area contributed by atoms with Crippen molar-refractivity contribution in [1.29, 1.82) is 0 Å². The Morgan fingerprint density at radius 1 is 1.24 bits per heavy atom. The van der Waals surface area contributed by atoms with Gasteiger partial charge in [0.2, 0.25) is 0 Å². The number of nitrogens with two attached hydrogens (primary N) is 1. The van der Waals surface area contributed by atoms with Crippen molar-refractivity contribution in [2.75, 3.05) is 5.73 Å². The van der Waals surface area contributed by atoms with E-state index in [0.29, 0.717) is 11.3 Å². The van der Waals surface area contributed by atoms with Gasteiger partial charge in [-0.1, -0.05) is 53.5 Å². The van der Waals surface area contributed by atoms with E-state index in [9.17, 15) is 4.79 Å². The predicted octanol–water partition coefficient (Wildman–Crippen LogP) is 3.94. The van der Waals surface area contributed by atoms with Crippen LogP contribution in [-0.2, 0) is 6.42 Å². The van der Waals surface area contributed by atoms with Crippen LogP contribution in [0, 0.1) is 0 Å². The second-order valence-corrected chi connectivity index (χ2v) is 5.71. The summed E-state index contributed by atoms with van der Waals surface area (Å²) in [5.41, 5.74) is 7.58. The van der Waals surface area contributed by atoms with Crippen molar-refractivity contribution >= 4 is 34.8 Å². The van der Waals surface area contributed by atoms with E-state index in [1.165, 1.54) is 17.7 Å². The summed E-state index contributed by atoms with van der Waals surface area (Å²) in [5, 5.41) is 3.47. The first-order valence-corrected chi connectivity index (χ1v) is 7.32. The van der Waals surface area contributed by atoms with Gasteiger partial charge < -0.3 is 11.1 Å². The first-order chi connectivity index (χ1) is 9.97. The van der Waals surface area contributed by atoms with Crippen LogP contribution in [0.4, 0.5) is 5.69 Å². The molecule has 3 nitrogen and oxygen atoms in total. The molecule has 1 unspecified atom stereocenters. The number of anilines is 1. The van der Waals surface area contributed by atoms with Gasteiger partial charge in [0, 0.05) is 11.6 Å². The maximum Gasteiger partial charge on any atom is 0.251 e. The molecule has 0 aliphatic rings. The molecule has 5 heteroatoms. The van der Waals surface area contributed by atoms with Crippen LogP contribution in [0.5, 0.6) is 0 Å². The molecule has 1 amide bonds. The average Bonchev–Trinajstić information content (AvgIpc) is 2.45. The lowest BCUT2D eigenvalue weighted by Gasteiger charge is -2.14. The molecule has 0 aliphatic heterocycles. The molecule has 110 valence electrons. The third-order valence-electron chi connectivity index (χ3n) is 3.08. The van der Waals surface area contributed by atoms with Crippen molar-refractivity contribution in [1.82, 2.24) is 5.32 Å². The lowest BCUT2D eigenvalue weighted by molar-refractivity contribution is 0.0940. The number of halogens is 2. The number of carbonyl (C=O) groups is 1. The number of rotatable bonds is 4. The number of benzene rings is 2. The van der Waals surface area contributed by atoms with Gasteiger partial charge in [0.05, 0.1) is 15.7 Å². The Bertz CT molecular complexity index is 621. The summed E-state index contributed by atoms with van der Waals surface area (Å²) in [5.74, 6) is -0.219. The maximum absolute atomic E-state index is 12.2. The van der Waals surface area contributed by atoms with Gasteiger partial charge in [-0.15, -0.1) is 0 Å². The first kappa shape index (κ1) is 15.7. The van der Waals surface area contributed by atoms with E-state index < -0.39 is 0 Å². The zero-order valence-electron chi connectivity index (χ0n) is 11.6. The molecule has 3 N–H and O–H groups in total. The van der Waals surface area contributed by atoms with E-state index in [4.69, 9.17) is 28.9 Å². The fourth-order valence-electron chi connectivity index (χ4n) is 2.07. The molecule has 0 aromatic heterocycles. The van der Waals surface area contributed by atoms with Crippen LogP contribution in [0.25, 0.3) is 0 Å². The summed E-state index contributed by atoms with van der Waals surface area (Å²) in [4.78, 5) is 12.2. The highest BCUT2D eigenvalue weighted by molar-refractivity contribution is 6.43. The van der Waals surface area contributed by atoms with E-state index in [1.54, 1.807) is 0 Å². The van der Waals surface area contributed by atoms with Gasteiger partial charge in [-0.25, -0.2) is 0 Å². The largest absolute Gasteiger partial charge is 0.397 e. The fourth-order valence-corrected chi connectivity index (χ4v) is 2.40. The van der Waals surface area contributed by atoms with Crippen LogP contribution in [0.2, 0.25) is 10.0 Å². The third kappa shape index (κ3) is 4.13. The monoisotopic (exact) mass is 322 g/mol. The smallest absolute Gasteiger partial charge is 0.251 e. The molecule has 2 aromatic rings. The molecule has 0 saturated carbocycles. The summed E-state index contributed by atoms with van der Waals surface area (Å²) in [6.45, 7) is 1.95. The molecule has 2 aromatic carbocycles. The van der Waals surface area contributed by atoms with E-state index in [0.717, 1.165) is 6.42 Å². The Morgan fingerprint density at radius 2 is 1.90 bits per heavy atom. The maximum atomic E-state index is 12.2. The number of hydrogen-bond donors (Lipinski definition) is 2. The normalized spacial score (nSPS) is 12.0. The molecule has 0 saturated heterocycles. The van der Waals surface area contributed by atoms with Gasteiger partial charge in [-0.05, 0) is 31.0 Å². The number of hydrogen-bond acceptors (Lipinski definition) is 2. The van der Waals surface area contributed by atoms with Crippen molar-refractivity contribution < 1.29 is 4.79 Å². The van der Waals surface area contributed by atoms with Crippen molar-refractivity contribution in [3.05, 3.63) is 63.6 Å². The van der Waals surface area contributed by atoms with E-state index in [-0.39, 0.29) is 22.0 Å². The minimum absolute atomic E-state index is 0.00409. The van der Waals surface area contributed by atoms with Gasteiger partial charge in [0.1, 0.15) is 0 Å². The van der Waals surface area contributed by atoms with Crippen LogP contribution >= 0.6 is 23.2 Å². The van der Waals surface area contributed by atoms with Crippen molar-refractivity contribution in [2.24, 2.45) is 0 Å². The van der Waals surface area contributed by atoms with Gasteiger partial charge in [-0.2, -0.15) is 0 Å². The van der Waals surface area contributed by atoms with Crippen molar-refractivity contribution in [3.63, 3.8) is 0 Å². The Hall–Kier alpha value is -1.71. The minimum atomic E-state index is -0.219. The molecular formula is C16H16Cl2N2O. The summed E-state index contributed by atoms with van der Waals surface area (Å²) in [7, 11) is 0. The highest BCUT2D eigenvalue weighted by Crippen LogP contribution is 2.29. The lowest BCUT2D eigenvalue weighted by Crippen LogP contribution is -2.34. The van der Waals surface area contributed by atoms with E-state index in [2.05, 4.69) is 5.32 Å². The van der Waals surface area contributed by atoms with Crippen LogP contribution in [0.15, 0.2) is 42.5 Å². The number of carbonyl (C=O) groups excluding carboxylic acids is 1. The zero-order chi connectivity index (χ0) is 15.4. The second-order valence-electron chi connectivity index (χ2n) is 4.93. The fraction of sp³-hybridized carbons (Fsp3) is 0.188. The van der Waals surface area contributed by atoms with Crippen LogP contribution < -0.4 is 11.1 Å². The van der Waals surface area contributed by atoms with E-state index in [1.807, 2.05) is 37.3 Å². The summed E-state index contributed by atoms with van der Waals surface area (Å²) >= 11 is 11.8. The number of amides is 1. The highest BCUT2D eigenvalue weighted by atomic mass is 35.5. The Morgan fingerprint density at radius 3 is 2.52 bits per heavy atom. The molecule has 1 atom stereocenters. The molecule has 2 rings (SSSR count). The summed E-state index contributed by atoms with van der Waals surface area (Å²) in [6.07, 6.45) is 0.753. The van der Waals surface area contributed by atoms with Gasteiger partial charge >= 0.3 is 0 Å². The molecule has 0 bridgehead atoms. The highest BCUT2D eigenvalue weighted by Gasteiger charge is 2.13. The van der Waals surface area contributed by atoms with Gasteiger partial charge in [0.15, 0.2) is 0 Å². The molecule has 0 fully saturated rings. The molecule has 0 spiro atoms. The molecule has 21 heavy (non-hydrogen) atoms. The minimum Gasteiger partial charge on any atom is -0.397 e. The average molecular weight is 323 g/mol. The van der Waals surface area contributed by atoms with Crippen LogP contribution in [-0.4, -0.2) is 11.9 Å². The quantitative estimate of drug-likeness (QED) is 0.838. The zero-order valence-corrected chi connectivity index (χ0v) is 13.1. The lowest BCUT2D eigenvalue weighted by atomic mass is 10.1. The number of nitrogens with one attached hydrogen (secondary N) is 1. The van der Waals surface area contributed by atoms with Gasteiger partial charge in [0.25, 0.3) is 5.91 Å². The topological polar surface area (TPSA) is 55.1 Å². The van der Waals surface area contributed by atoms with Crippen molar-refractivity contribution in [2.45, 2.75) is 19.4 Å². The van der Waals surface area contributed by atoms with E-state index >= 15 is 0 Å². The predicted molar refractivity (Wildman–Crippen MR) is 87.9 cm³/mol. The SMILES string of the molecule is CC(Cc1ccccc1)NC(=O)c1cc(N)c(Cl)c(Cl)c1. The Labute approximate surface area is 134 Å². The third-order valence-corrected chi connectivity index (χ3v) is 3.90. The summed E-state index contributed by atoms with van der Waals surface area (Å²) in [6, 6.07) is 13.0.